The van der Waals surface area contributed by atoms with Gasteiger partial charge in [0.15, 0.2) is 0 Å². The van der Waals surface area contributed by atoms with Gasteiger partial charge >= 0.3 is 0 Å². The highest BCUT2D eigenvalue weighted by Gasteiger charge is 2.44. The Morgan fingerprint density at radius 3 is 2.62 bits per heavy atom. The average molecular weight is 294 g/mol. The number of ether oxygens (including phenoxy) is 1. The Balaban J connectivity index is 1.62. The third-order valence-corrected chi connectivity index (χ3v) is 6.17. The van der Waals surface area contributed by atoms with Crippen molar-refractivity contribution >= 4 is 5.91 Å². The molecule has 0 spiro atoms. The van der Waals surface area contributed by atoms with E-state index in [1.807, 2.05) is 11.9 Å². The van der Waals surface area contributed by atoms with Crippen molar-refractivity contribution in [3.05, 3.63) is 0 Å². The molecule has 3 unspecified atom stereocenters. The molecule has 3 atom stereocenters. The molecule has 4 heteroatoms. The number of rotatable bonds is 5. The molecule has 1 heterocycles. The van der Waals surface area contributed by atoms with Gasteiger partial charge in [-0.05, 0) is 62.9 Å². The highest BCUT2D eigenvalue weighted by molar-refractivity contribution is 5.83. The van der Waals surface area contributed by atoms with E-state index in [1.165, 1.54) is 25.7 Å². The van der Waals surface area contributed by atoms with Gasteiger partial charge in [-0.2, -0.15) is 0 Å². The smallest absolute Gasteiger partial charge is 0.230 e. The number of fused-ring (bicyclic) bond motifs is 2. The van der Waals surface area contributed by atoms with Crippen LogP contribution in [0.5, 0.6) is 0 Å². The van der Waals surface area contributed by atoms with Crippen LogP contribution >= 0.6 is 0 Å². The van der Waals surface area contributed by atoms with Crippen LogP contribution in [-0.4, -0.2) is 51.2 Å². The van der Waals surface area contributed by atoms with E-state index in [2.05, 4.69) is 5.32 Å². The molecule has 120 valence electrons. The average Bonchev–Trinajstić information content (AvgIpc) is 3.10. The highest BCUT2D eigenvalue weighted by Crippen LogP contribution is 2.48. The maximum absolute atomic E-state index is 13.0. The molecule has 4 nitrogen and oxygen atoms in total. The molecule has 2 aliphatic carbocycles. The molecule has 3 aliphatic rings. The van der Waals surface area contributed by atoms with E-state index in [0.717, 1.165) is 50.2 Å². The fourth-order valence-corrected chi connectivity index (χ4v) is 5.04. The van der Waals surface area contributed by atoms with E-state index >= 15 is 0 Å². The van der Waals surface area contributed by atoms with Crippen molar-refractivity contribution in [1.82, 2.24) is 10.2 Å². The minimum Gasteiger partial charge on any atom is -0.384 e. The third kappa shape index (κ3) is 2.98. The third-order valence-electron chi connectivity index (χ3n) is 6.17. The molecule has 0 aromatic heterocycles. The van der Waals surface area contributed by atoms with Gasteiger partial charge < -0.3 is 15.0 Å². The number of hydrogen-bond acceptors (Lipinski definition) is 3. The van der Waals surface area contributed by atoms with Crippen LogP contribution in [0, 0.1) is 23.2 Å². The summed E-state index contributed by atoms with van der Waals surface area (Å²) in [6.07, 6.45) is 7.39. The lowest BCUT2D eigenvalue weighted by atomic mass is 9.78. The first-order valence-corrected chi connectivity index (χ1v) is 8.60. The number of nitrogens with zero attached hydrogens (tertiary/aromatic N) is 1. The Morgan fingerprint density at radius 2 is 2.05 bits per heavy atom. The SMILES string of the molecule is COCC1(C(=O)N(C)CC2CC3CCC2C3)CCNCC1. The predicted octanol–water partition coefficient (Wildman–Crippen LogP) is 1.90. The molecule has 1 saturated heterocycles. The van der Waals surface area contributed by atoms with Gasteiger partial charge in [0, 0.05) is 20.7 Å². The largest absolute Gasteiger partial charge is 0.384 e. The molecule has 2 bridgehead atoms. The van der Waals surface area contributed by atoms with E-state index in [0.29, 0.717) is 12.5 Å². The van der Waals surface area contributed by atoms with Crippen LogP contribution in [0.1, 0.15) is 38.5 Å². The quantitative estimate of drug-likeness (QED) is 0.842. The standard InChI is InChI=1S/C17H30N2O2/c1-19(11-15-10-13-3-4-14(15)9-13)16(20)17(12-21-2)5-7-18-8-6-17/h13-15,18H,3-12H2,1-2H3. The van der Waals surface area contributed by atoms with Gasteiger partial charge in [0.25, 0.3) is 0 Å². The molecular formula is C17H30N2O2. The summed E-state index contributed by atoms with van der Waals surface area (Å²) in [5.74, 6) is 2.90. The van der Waals surface area contributed by atoms with Crippen LogP contribution in [-0.2, 0) is 9.53 Å². The lowest BCUT2D eigenvalue weighted by molar-refractivity contribution is -0.147. The van der Waals surface area contributed by atoms with Crippen LogP contribution in [0.25, 0.3) is 0 Å². The van der Waals surface area contributed by atoms with E-state index in [-0.39, 0.29) is 5.41 Å². The molecule has 0 aromatic carbocycles. The zero-order chi connectivity index (χ0) is 14.9. The van der Waals surface area contributed by atoms with Crippen LogP contribution in [0.4, 0.5) is 0 Å². The first-order chi connectivity index (χ1) is 10.1. The summed E-state index contributed by atoms with van der Waals surface area (Å²) in [6, 6.07) is 0. The molecule has 3 rings (SSSR count). The lowest BCUT2D eigenvalue weighted by Crippen LogP contribution is -2.51. The Morgan fingerprint density at radius 1 is 1.29 bits per heavy atom. The number of methoxy groups -OCH3 is 1. The van der Waals surface area contributed by atoms with E-state index in [1.54, 1.807) is 7.11 Å². The maximum atomic E-state index is 13.0. The molecule has 21 heavy (non-hydrogen) atoms. The summed E-state index contributed by atoms with van der Waals surface area (Å²) in [5, 5.41) is 3.36. The van der Waals surface area contributed by atoms with Gasteiger partial charge in [-0.25, -0.2) is 0 Å². The fraction of sp³-hybridized carbons (Fsp3) is 0.941. The molecule has 2 saturated carbocycles. The van der Waals surface area contributed by atoms with Crippen LogP contribution in [0.2, 0.25) is 0 Å². The number of piperidine rings is 1. The number of carbonyl (C=O) groups is 1. The minimum absolute atomic E-state index is 0.285. The summed E-state index contributed by atoms with van der Waals surface area (Å²) in [5.41, 5.74) is -0.285. The summed E-state index contributed by atoms with van der Waals surface area (Å²) in [4.78, 5) is 15.0. The zero-order valence-corrected chi connectivity index (χ0v) is 13.6. The molecule has 3 fully saturated rings. The topological polar surface area (TPSA) is 41.6 Å². The molecule has 1 aliphatic heterocycles. The van der Waals surface area contributed by atoms with E-state index in [9.17, 15) is 4.79 Å². The number of nitrogens with one attached hydrogen (secondary N) is 1. The van der Waals surface area contributed by atoms with Gasteiger partial charge in [-0.3, -0.25) is 4.79 Å². The van der Waals surface area contributed by atoms with Crippen molar-refractivity contribution < 1.29 is 9.53 Å². The summed E-state index contributed by atoms with van der Waals surface area (Å²) < 4.78 is 5.40. The molecule has 1 amide bonds. The summed E-state index contributed by atoms with van der Waals surface area (Å²) >= 11 is 0. The van der Waals surface area contributed by atoms with Crippen molar-refractivity contribution in [2.24, 2.45) is 23.2 Å². The second-order valence-corrected chi connectivity index (χ2v) is 7.58. The molecule has 0 aromatic rings. The van der Waals surface area contributed by atoms with Gasteiger partial charge in [0.05, 0.1) is 12.0 Å². The second kappa shape index (κ2) is 6.25. The Labute approximate surface area is 128 Å². The molecule has 0 radical (unpaired) electrons. The minimum atomic E-state index is -0.285. The van der Waals surface area contributed by atoms with E-state index < -0.39 is 0 Å². The Kier molecular flexibility index (Phi) is 4.55. The Bertz CT molecular complexity index is 373. The first-order valence-electron chi connectivity index (χ1n) is 8.60. The molecule has 1 N–H and O–H groups in total. The lowest BCUT2D eigenvalue weighted by Gasteiger charge is -2.39. The Hall–Kier alpha value is -0.610. The number of carbonyl (C=O) groups excluding carboxylic acids is 1. The van der Waals surface area contributed by atoms with E-state index in [4.69, 9.17) is 4.74 Å². The summed E-state index contributed by atoms with van der Waals surface area (Å²) in [6.45, 7) is 3.38. The zero-order valence-electron chi connectivity index (χ0n) is 13.6. The first kappa shape index (κ1) is 15.3. The number of amides is 1. The van der Waals surface area contributed by atoms with Crippen LogP contribution < -0.4 is 5.32 Å². The predicted molar refractivity (Wildman–Crippen MR) is 83.0 cm³/mol. The van der Waals surface area contributed by atoms with Gasteiger partial charge in [0.1, 0.15) is 0 Å². The highest BCUT2D eigenvalue weighted by atomic mass is 16.5. The van der Waals surface area contributed by atoms with Crippen molar-refractivity contribution in [3.8, 4) is 0 Å². The van der Waals surface area contributed by atoms with Crippen molar-refractivity contribution in [1.29, 1.82) is 0 Å². The van der Waals surface area contributed by atoms with Crippen LogP contribution in [0.15, 0.2) is 0 Å². The fourth-order valence-electron chi connectivity index (χ4n) is 5.04. The molecular weight excluding hydrogens is 264 g/mol. The van der Waals surface area contributed by atoms with Gasteiger partial charge in [-0.1, -0.05) is 6.42 Å². The van der Waals surface area contributed by atoms with Crippen molar-refractivity contribution in [2.75, 3.05) is 40.4 Å². The monoisotopic (exact) mass is 294 g/mol. The normalized spacial score (nSPS) is 34.1. The maximum Gasteiger partial charge on any atom is 0.230 e. The van der Waals surface area contributed by atoms with Crippen molar-refractivity contribution in [3.63, 3.8) is 0 Å². The number of hydrogen-bond donors (Lipinski definition) is 1. The van der Waals surface area contributed by atoms with Crippen LogP contribution in [0.3, 0.4) is 0 Å². The van der Waals surface area contributed by atoms with Gasteiger partial charge in [-0.15, -0.1) is 0 Å². The van der Waals surface area contributed by atoms with Gasteiger partial charge in [0.2, 0.25) is 5.91 Å². The second-order valence-electron chi connectivity index (χ2n) is 7.58. The van der Waals surface area contributed by atoms with Crippen molar-refractivity contribution in [2.45, 2.75) is 38.5 Å². The summed E-state index contributed by atoms with van der Waals surface area (Å²) in [7, 11) is 3.72.